The lowest BCUT2D eigenvalue weighted by molar-refractivity contribution is -0.138. The quantitative estimate of drug-likeness (QED) is 0.855. The third-order valence-corrected chi connectivity index (χ3v) is 3.94. The van der Waals surface area contributed by atoms with Crippen LogP contribution in [0.5, 0.6) is 0 Å². The van der Waals surface area contributed by atoms with Crippen molar-refractivity contribution in [1.82, 2.24) is 10.2 Å². The van der Waals surface area contributed by atoms with Crippen LogP contribution in [0.1, 0.15) is 24.5 Å². The maximum absolute atomic E-state index is 13.0. The Bertz CT molecular complexity index is 554. The molecule has 1 aromatic carbocycles. The van der Waals surface area contributed by atoms with Crippen molar-refractivity contribution in [1.29, 1.82) is 0 Å². The number of carboxylic acid groups (broad SMARTS) is 1. The zero-order chi connectivity index (χ0) is 16.4. The lowest BCUT2D eigenvalue weighted by Gasteiger charge is -2.26. The molecule has 1 heterocycles. The Morgan fingerprint density at radius 1 is 1.39 bits per heavy atom. The van der Waals surface area contributed by atoms with Crippen LogP contribution < -0.4 is 5.32 Å². The summed E-state index contributed by atoms with van der Waals surface area (Å²) in [7, 11) is 0. The second-order valence-electron chi connectivity index (χ2n) is 5.92. The predicted molar refractivity (Wildman–Crippen MR) is 82.6 cm³/mol. The summed E-state index contributed by atoms with van der Waals surface area (Å²) in [6.07, 6.45) is -3.66. The minimum atomic E-state index is -4.36. The fourth-order valence-electron chi connectivity index (χ4n) is 2.80. The van der Waals surface area contributed by atoms with E-state index in [0.717, 1.165) is 6.07 Å². The van der Waals surface area contributed by atoms with Gasteiger partial charge in [0.15, 0.2) is 0 Å². The first kappa shape index (κ1) is 19.7. The van der Waals surface area contributed by atoms with Crippen molar-refractivity contribution in [3.63, 3.8) is 0 Å². The molecule has 0 saturated carbocycles. The largest absolute Gasteiger partial charge is 0.480 e. The standard InChI is InChI=1S/C15H19F3N2O2.ClH/c1-14(19-8-13(21)22)6-7-20(10-14)9-11-4-2-3-5-12(11)15(16,17)18;/h2-5,19H,6-10H2,1H3,(H,21,22);1H. The van der Waals surface area contributed by atoms with Gasteiger partial charge in [-0.05, 0) is 25.0 Å². The van der Waals surface area contributed by atoms with Crippen molar-refractivity contribution in [3.8, 4) is 0 Å². The molecule has 1 aromatic rings. The van der Waals surface area contributed by atoms with Crippen LogP contribution in [0, 0.1) is 0 Å². The van der Waals surface area contributed by atoms with Crippen molar-refractivity contribution < 1.29 is 23.1 Å². The highest BCUT2D eigenvalue weighted by molar-refractivity contribution is 5.85. The van der Waals surface area contributed by atoms with E-state index in [2.05, 4.69) is 5.32 Å². The second-order valence-corrected chi connectivity index (χ2v) is 5.92. The molecule has 0 aromatic heterocycles. The van der Waals surface area contributed by atoms with E-state index in [4.69, 9.17) is 5.11 Å². The van der Waals surface area contributed by atoms with Crippen LogP contribution in [0.2, 0.25) is 0 Å². The predicted octanol–water partition coefficient (Wildman–Crippen LogP) is 2.77. The third kappa shape index (κ3) is 5.37. The van der Waals surface area contributed by atoms with Crippen LogP contribution in [-0.2, 0) is 17.5 Å². The van der Waals surface area contributed by atoms with Gasteiger partial charge in [-0.25, -0.2) is 0 Å². The second kappa shape index (κ2) is 7.51. The topological polar surface area (TPSA) is 52.6 Å². The highest BCUT2D eigenvalue weighted by Crippen LogP contribution is 2.33. The van der Waals surface area contributed by atoms with Gasteiger partial charge in [0.25, 0.3) is 0 Å². The highest BCUT2D eigenvalue weighted by Gasteiger charge is 2.36. The number of hydrogen-bond acceptors (Lipinski definition) is 3. The summed E-state index contributed by atoms with van der Waals surface area (Å²) in [5.41, 5.74) is -0.745. The fourth-order valence-corrected chi connectivity index (χ4v) is 2.80. The summed E-state index contributed by atoms with van der Waals surface area (Å²) in [4.78, 5) is 12.5. The molecule has 2 rings (SSSR count). The van der Waals surface area contributed by atoms with Crippen LogP contribution >= 0.6 is 12.4 Å². The normalized spacial score (nSPS) is 21.9. The van der Waals surface area contributed by atoms with E-state index in [1.807, 2.05) is 11.8 Å². The molecule has 0 aliphatic carbocycles. The van der Waals surface area contributed by atoms with E-state index in [0.29, 0.717) is 19.5 Å². The maximum atomic E-state index is 13.0. The SMILES string of the molecule is CC1(NCC(=O)O)CCN(Cc2ccccc2C(F)(F)F)C1.Cl. The number of halogens is 4. The van der Waals surface area contributed by atoms with Crippen LogP contribution in [0.4, 0.5) is 13.2 Å². The van der Waals surface area contributed by atoms with Gasteiger partial charge in [0.2, 0.25) is 0 Å². The van der Waals surface area contributed by atoms with Crippen LogP contribution in [-0.4, -0.2) is 41.1 Å². The molecule has 0 spiro atoms. The molecular formula is C15H20ClF3N2O2. The number of nitrogens with one attached hydrogen (secondary N) is 1. The number of hydrogen-bond donors (Lipinski definition) is 2. The van der Waals surface area contributed by atoms with Gasteiger partial charge >= 0.3 is 12.1 Å². The monoisotopic (exact) mass is 352 g/mol. The number of rotatable bonds is 5. The van der Waals surface area contributed by atoms with Gasteiger partial charge in [-0.1, -0.05) is 18.2 Å². The Balaban J connectivity index is 0.00000264. The number of carbonyl (C=O) groups is 1. The molecule has 1 aliphatic heterocycles. The Kier molecular flexibility index (Phi) is 6.44. The number of nitrogens with zero attached hydrogens (tertiary/aromatic N) is 1. The molecule has 0 bridgehead atoms. The number of carboxylic acids is 1. The minimum Gasteiger partial charge on any atom is -0.480 e. The molecule has 4 nitrogen and oxygen atoms in total. The molecule has 130 valence electrons. The number of benzene rings is 1. The third-order valence-electron chi connectivity index (χ3n) is 3.94. The Hall–Kier alpha value is -1.31. The summed E-state index contributed by atoms with van der Waals surface area (Å²) in [5.74, 6) is -0.943. The van der Waals surface area contributed by atoms with E-state index < -0.39 is 17.7 Å². The van der Waals surface area contributed by atoms with E-state index >= 15 is 0 Å². The first-order chi connectivity index (χ1) is 10.2. The van der Waals surface area contributed by atoms with Gasteiger partial charge in [0.05, 0.1) is 12.1 Å². The highest BCUT2D eigenvalue weighted by atomic mass is 35.5. The Morgan fingerprint density at radius 3 is 2.65 bits per heavy atom. The van der Waals surface area contributed by atoms with Crippen LogP contribution in [0.25, 0.3) is 0 Å². The summed E-state index contributed by atoms with van der Waals surface area (Å²) < 4.78 is 39.0. The van der Waals surface area contributed by atoms with Crippen molar-refractivity contribution in [2.45, 2.75) is 31.6 Å². The molecule has 1 aliphatic rings. The number of likely N-dealkylation sites (tertiary alicyclic amines) is 1. The van der Waals surface area contributed by atoms with Crippen molar-refractivity contribution in [2.24, 2.45) is 0 Å². The zero-order valence-electron chi connectivity index (χ0n) is 12.7. The average molecular weight is 353 g/mol. The lowest BCUT2D eigenvalue weighted by atomic mass is 10.0. The van der Waals surface area contributed by atoms with E-state index in [1.165, 1.54) is 12.1 Å². The molecule has 8 heteroatoms. The van der Waals surface area contributed by atoms with E-state index in [-0.39, 0.29) is 36.6 Å². The van der Waals surface area contributed by atoms with Gasteiger partial charge < -0.3 is 10.4 Å². The van der Waals surface area contributed by atoms with Crippen LogP contribution in [0.3, 0.4) is 0 Å². The molecule has 23 heavy (non-hydrogen) atoms. The summed E-state index contributed by atoms with van der Waals surface area (Å²) in [5, 5.41) is 11.7. The minimum absolute atomic E-state index is 0. The maximum Gasteiger partial charge on any atom is 0.416 e. The van der Waals surface area contributed by atoms with Gasteiger partial charge in [-0.2, -0.15) is 13.2 Å². The van der Waals surface area contributed by atoms with E-state index in [1.54, 1.807) is 6.07 Å². The number of aliphatic carboxylic acids is 1. The van der Waals surface area contributed by atoms with Crippen molar-refractivity contribution in [3.05, 3.63) is 35.4 Å². The smallest absolute Gasteiger partial charge is 0.416 e. The first-order valence-electron chi connectivity index (χ1n) is 7.04. The van der Waals surface area contributed by atoms with Gasteiger partial charge in [-0.3, -0.25) is 9.69 Å². The zero-order valence-corrected chi connectivity index (χ0v) is 13.5. The van der Waals surface area contributed by atoms with Crippen molar-refractivity contribution >= 4 is 18.4 Å². The number of alkyl halides is 3. The van der Waals surface area contributed by atoms with Crippen LogP contribution in [0.15, 0.2) is 24.3 Å². The summed E-state index contributed by atoms with van der Waals surface area (Å²) in [6.45, 7) is 3.11. The molecule has 2 N–H and O–H groups in total. The molecule has 0 radical (unpaired) electrons. The molecule has 1 unspecified atom stereocenters. The molecular weight excluding hydrogens is 333 g/mol. The molecule has 1 fully saturated rings. The Labute approximate surface area is 139 Å². The van der Waals surface area contributed by atoms with Gasteiger partial charge in [0.1, 0.15) is 0 Å². The fraction of sp³-hybridized carbons (Fsp3) is 0.533. The molecule has 0 amide bonds. The molecule has 1 atom stereocenters. The van der Waals surface area contributed by atoms with Gasteiger partial charge in [-0.15, -0.1) is 12.4 Å². The summed E-state index contributed by atoms with van der Waals surface area (Å²) >= 11 is 0. The molecule has 1 saturated heterocycles. The average Bonchev–Trinajstić information content (AvgIpc) is 2.78. The first-order valence-corrected chi connectivity index (χ1v) is 7.04. The van der Waals surface area contributed by atoms with E-state index in [9.17, 15) is 18.0 Å². The van der Waals surface area contributed by atoms with Gasteiger partial charge in [0, 0.05) is 25.2 Å². The summed E-state index contributed by atoms with van der Waals surface area (Å²) in [6, 6.07) is 5.56. The Morgan fingerprint density at radius 2 is 2.04 bits per heavy atom. The lowest BCUT2D eigenvalue weighted by Crippen LogP contribution is -2.46. The van der Waals surface area contributed by atoms with Crippen molar-refractivity contribution in [2.75, 3.05) is 19.6 Å².